The van der Waals surface area contributed by atoms with E-state index in [9.17, 15) is 14.4 Å². The van der Waals surface area contributed by atoms with Crippen molar-refractivity contribution < 1.29 is 22.7 Å². The Hall–Kier alpha value is -2.52. The number of hydrogen-bond acceptors (Lipinski definition) is 5. The van der Waals surface area contributed by atoms with Crippen molar-refractivity contribution >= 4 is 41.0 Å². The molecule has 1 amide bonds. The zero-order valence-electron chi connectivity index (χ0n) is 13.8. The van der Waals surface area contributed by atoms with Crippen molar-refractivity contribution in [2.75, 3.05) is 0 Å². The first-order valence-electron chi connectivity index (χ1n) is 7.62. The Morgan fingerprint density at radius 1 is 1.15 bits per heavy atom. The van der Waals surface area contributed by atoms with Crippen molar-refractivity contribution in [1.82, 2.24) is 5.48 Å². The smallest absolute Gasteiger partial charge is 0.257 e. The van der Waals surface area contributed by atoms with Gasteiger partial charge in [0.05, 0.1) is 5.56 Å². The van der Waals surface area contributed by atoms with E-state index >= 15 is 0 Å². The van der Waals surface area contributed by atoms with Crippen LogP contribution in [0.15, 0.2) is 60.2 Å². The van der Waals surface area contributed by atoms with Crippen LogP contribution in [-0.2, 0) is 9.59 Å². The summed E-state index contributed by atoms with van der Waals surface area (Å²) in [5.41, 5.74) is 3.76. The van der Waals surface area contributed by atoms with Crippen LogP contribution in [0, 0.1) is 5.92 Å². The molecule has 0 heterocycles. The Kier molecular flexibility index (Phi) is 7.05. The maximum absolute atomic E-state index is 12.7. The number of aldehydes is 1. The van der Waals surface area contributed by atoms with Gasteiger partial charge in [0.15, 0.2) is 28.8 Å². The Morgan fingerprint density at radius 3 is 2.42 bits per heavy atom. The molecule has 2 N–H and O–H groups in total. The third kappa shape index (κ3) is 4.55. The number of ketones is 1. The van der Waals surface area contributed by atoms with Crippen LogP contribution in [0.4, 0.5) is 0 Å². The van der Waals surface area contributed by atoms with E-state index in [-0.39, 0.29) is 11.4 Å². The summed E-state index contributed by atoms with van der Waals surface area (Å²) in [5, 5.41) is 8.63. The number of allylic oxidation sites excluding steroid dienone is 1. The molecule has 2 aromatic rings. The van der Waals surface area contributed by atoms with Crippen LogP contribution >= 0.6 is 23.0 Å². The largest absolute Gasteiger partial charge is 0.427 e. The molecule has 0 fully saturated rings. The quantitative estimate of drug-likeness (QED) is 0.124. The summed E-state index contributed by atoms with van der Waals surface area (Å²) in [6.45, 7) is 1.49. The fourth-order valence-corrected chi connectivity index (χ4v) is 2.76. The van der Waals surface area contributed by atoms with Gasteiger partial charge < -0.3 is 7.86 Å². The average Bonchev–Trinajstić information content (AvgIpc) is 2.70. The SMILES string of the molecule is C/C(=C\C(C=O)C(=O)NO)C(=O)c1ccc(-c2ccccc2)cc1OI. The van der Waals surface area contributed by atoms with Gasteiger partial charge in [-0.1, -0.05) is 42.5 Å². The van der Waals surface area contributed by atoms with Gasteiger partial charge in [-0.15, -0.1) is 0 Å². The average molecular weight is 465 g/mol. The van der Waals surface area contributed by atoms with E-state index in [1.54, 1.807) is 41.2 Å². The first-order valence-corrected chi connectivity index (χ1v) is 8.50. The first kappa shape index (κ1) is 19.8. The molecule has 2 aromatic carbocycles. The van der Waals surface area contributed by atoms with Crippen molar-refractivity contribution in [3.63, 3.8) is 0 Å². The third-order valence-electron chi connectivity index (χ3n) is 3.76. The van der Waals surface area contributed by atoms with Gasteiger partial charge in [-0.3, -0.25) is 14.8 Å². The lowest BCUT2D eigenvalue weighted by atomic mass is 9.97. The lowest BCUT2D eigenvalue weighted by Crippen LogP contribution is -2.28. The van der Waals surface area contributed by atoms with Crippen LogP contribution in [-0.4, -0.2) is 23.2 Å². The molecule has 134 valence electrons. The molecule has 0 aromatic heterocycles. The molecule has 7 heteroatoms. The zero-order valence-corrected chi connectivity index (χ0v) is 16.0. The second kappa shape index (κ2) is 9.25. The number of halogens is 1. The van der Waals surface area contributed by atoms with Crippen molar-refractivity contribution in [2.45, 2.75) is 6.92 Å². The summed E-state index contributed by atoms with van der Waals surface area (Å²) in [7, 11) is 0. The number of hydrogen-bond donors (Lipinski definition) is 2. The van der Waals surface area contributed by atoms with E-state index in [0.717, 1.165) is 11.1 Å². The van der Waals surface area contributed by atoms with E-state index in [0.29, 0.717) is 17.6 Å². The molecule has 0 saturated heterocycles. The molecule has 0 aliphatic heterocycles. The fraction of sp³-hybridized carbons (Fsp3) is 0.105. The summed E-state index contributed by atoms with van der Waals surface area (Å²) in [4.78, 5) is 35.0. The predicted octanol–water partition coefficient (Wildman–Crippen LogP) is 3.53. The Morgan fingerprint density at radius 2 is 1.85 bits per heavy atom. The van der Waals surface area contributed by atoms with Gasteiger partial charge in [0.1, 0.15) is 18.0 Å². The van der Waals surface area contributed by atoms with Gasteiger partial charge in [-0.05, 0) is 35.8 Å². The van der Waals surface area contributed by atoms with Gasteiger partial charge >= 0.3 is 0 Å². The van der Waals surface area contributed by atoms with Crippen molar-refractivity contribution in [1.29, 1.82) is 0 Å². The molecular weight excluding hydrogens is 449 g/mol. The van der Waals surface area contributed by atoms with Gasteiger partial charge in [0.2, 0.25) is 0 Å². The second-order valence-corrected chi connectivity index (χ2v) is 5.91. The van der Waals surface area contributed by atoms with Crippen LogP contribution in [0.3, 0.4) is 0 Å². The number of benzene rings is 2. The topological polar surface area (TPSA) is 92.7 Å². The third-order valence-corrected chi connectivity index (χ3v) is 4.24. The summed E-state index contributed by atoms with van der Waals surface area (Å²) < 4.78 is 5.31. The van der Waals surface area contributed by atoms with Crippen molar-refractivity contribution in [2.24, 2.45) is 5.92 Å². The zero-order chi connectivity index (χ0) is 19.1. The van der Waals surface area contributed by atoms with Crippen LogP contribution in [0.5, 0.6) is 5.75 Å². The Balaban J connectivity index is 2.36. The summed E-state index contributed by atoms with van der Waals surface area (Å²) >= 11 is 1.70. The molecule has 2 rings (SSSR count). The minimum atomic E-state index is -1.25. The maximum Gasteiger partial charge on any atom is 0.257 e. The second-order valence-electron chi connectivity index (χ2n) is 5.47. The van der Waals surface area contributed by atoms with E-state index in [4.69, 9.17) is 8.27 Å². The minimum Gasteiger partial charge on any atom is -0.427 e. The molecular formula is C19H16INO5. The number of nitrogens with one attached hydrogen (secondary N) is 1. The molecule has 26 heavy (non-hydrogen) atoms. The molecule has 0 radical (unpaired) electrons. The molecule has 0 spiro atoms. The van der Waals surface area contributed by atoms with E-state index in [1.165, 1.54) is 18.5 Å². The Labute approximate surface area is 164 Å². The molecule has 6 nitrogen and oxygen atoms in total. The van der Waals surface area contributed by atoms with E-state index < -0.39 is 11.8 Å². The number of amides is 1. The number of rotatable bonds is 7. The number of carbonyl (C=O) groups excluding carboxylic acids is 3. The lowest BCUT2D eigenvalue weighted by Gasteiger charge is -2.10. The summed E-state index contributed by atoms with van der Waals surface area (Å²) in [6.07, 6.45) is 1.54. The minimum absolute atomic E-state index is 0.188. The standard InChI is InChI=1S/C19H16INO5/c1-12(9-15(11-22)19(24)21-25)18(23)16-8-7-14(10-17(16)26-20)13-5-3-2-4-6-13/h2-11,15,25H,1H3,(H,21,24)/b12-9+. The van der Waals surface area contributed by atoms with Crippen LogP contribution < -0.4 is 8.55 Å². The van der Waals surface area contributed by atoms with Gasteiger partial charge in [-0.2, -0.15) is 0 Å². The molecule has 0 saturated carbocycles. The number of carbonyl (C=O) groups is 3. The fourth-order valence-electron chi connectivity index (χ4n) is 2.39. The highest BCUT2D eigenvalue weighted by Gasteiger charge is 2.20. The maximum atomic E-state index is 12.7. The molecule has 0 aliphatic carbocycles. The van der Waals surface area contributed by atoms with Crippen LogP contribution in [0.2, 0.25) is 0 Å². The monoisotopic (exact) mass is 465 g/mol. The highest BCUT2D eigenvalue weighted by atomic mass is 127. The molecule has 1 atom stereocenters. The predicted molar refractivity (Wildman–Crippen MR) is 104 cm³/mol. The van der Waals surface area contributed by atoms with E-state index in [2.05, 4.69) is 0 Å². The lowest BCUT2D eigenvalue weighted by molar-refractivity contribution is -0.134. The van der Waals surface area contributed by atoms with Crippen molar-refractivity contribution in [3.8, 4) is 16.9 Å². The molecule has 0 aliphatic rings. The van der Waals surface area contributed by atoms with Gasteiger partial charge in [0.25, 0.3) is 5.91 Å². The summed E-state index contributed by atoms with van der Waals surface area (Å²) in [6, 6.07) is 14.8. The number of Topliss-reactive ketones (excluding diaryl/α,β-unsaturated/α-hetero) is 1. The van der Waals surface area contributed by atoms with Crippen molar-refractivity contribution in [3.05, 3.63) is 65.7 Å². The van der Waals surface area contributed by atoms with Crippen LogP contribution in [0.1, 0.15) is 17.3 Å². The molecule has 1 unspecified atom stereocenters. The summed E-state index contributed by atoms with van der Waals surface area (Å²) in [5.74, 6) is -2.17. The number of hydroxylamine groups is 1. The molecule has 0 bridgehead atoms. The first-order chi connectivity index (χ1) is 12.5. The van der Waals surface area contributed by atoms with Crippen LogP contribution in [0.25, 0.3) is 11.1 Å². The normalized spacial score (nSPS) is 12.2. The highest BCUT2D eigenvalue weighted by molar-refractivity contribution is 14.1. The highest BCUT2D eigenvalue weighted by Crippen LogP contribution is 2.30. The van der Waals surface area contributed by atoms with E-state index in [1.807, 2.05) is 30.3 Å². The van der Waals surface area contributed by atoms with Gasteiger partial charge in [-0.25, -0.2) is 5.48 Å². The van der Waals surface area contributed by atoms with Gasteiger partial charge in [0, 0.05) is 0 Å². The Bertz CT molecular complexity index is 848.